The lowest BCUT2D eigenvalue weighted by Gasteiger charge is -2.15. The molecule has 3 rings (SSSR count). The molecule has 2 N–H and O–H groups in total. The highest BCUT2D eigenvalue weighted by Gasteiger charge is 2.12. The molecule has 0 unspecified atom stereocenters. The minimum absolute atomic E-state index is 0.287. The van der Waals surface area contributed by atoms with Crippen LogP contribution in [0.4, 0.5) is 16.2 Å². The van der Waals surface area contributed by atoms with Crippen molar-refractivity contribution in [2.45, 2.75) is 20.8 Å². The summed E-state index contributed by atoms with van der Waals surface area (Å²) in [6.07, 6.45) is 1.88. The zero-order chi connectivity index (χ0) is 21.0. The average Bonchev–Trinajstić information content (AvgIpc) is 2.70. The topological polar surface area (TPSA) is 67.4 Å². The highest BCUT2D eigenvalue weighted by atomic mass is 16.5. The number of hydrogen-bond donors (Lipinski definition) is 2. The largest absolute Gasteiger partial charge is 0.497 e. The van der Waals surface area contributed by atoms with Gasteiger partial charge in [0.25, 0.3) is 0 Å². The molecule has 0 heterocycles. The Balaban J connectivity index is 1.85. The molecule has 0 aliphatic rings. The van der Waals surface area contributed by atoms with Crippen LogP contribution >= 0.6 is 0 Å². The van der Waals surface area contributed by atoms with Crippen molar-refractivity contribution >= 4 is 23.7 Å². The lowest BCUT2D eigenvalue weighted by atomic mass is 10.0. The van der Waals surface area contributed by atoms with Gasteiger partial charge in [-0.2, -0.15) is 0 Å². The van der Waals surface area contributed by atoms with Crippen molar-refractivity contribution in [1.29, 1.82) is 0 Å². The lowest BCUT2D eigenvalue weighted by Crippen LogP contribution is -2.21. The summed E-state index contributed by atoms with van der Waals surface area (Å²) >= 11 is 0. The minimum atomic E-state index is -0.413. The number of rotatable bonds is 5. The predicted octanol–water partition coefficient (Wildman–Crippen LogP) is 5.39. The Hall–Kier alpha value is -3.60. The van der Waals surface area contributed by atoms with E-state index in [1.807, 2.05) is 69.5 Å². The van der Waals surface area contributed by atoms with E-state index in [1.165, 1.54) is 0 Å². The number of aryl methyl sites for hydroxylation is 3. The number of carbonyl (C=O) groups excluding carboxylic acids is 2. The molecular formula is C24H23N2O3. The Morgan fingerprint density at radius 2 is 1.48 bits per heavy atom. The molecule has 29 heavy (non-hydrogen) atoms. The highest BCUT2D eigenvalue weighted by Crippen LogP contribution is 2.27. The van der Waals surface area contributed by atoms with Crippen molar-refractivity contribution in [1.82, 2.24) is 0 Å². The van der Waals surface area contributed by atoms with E-state index in [9.17, 15) is 9.59 Å². The van der Waals surface area contributed by atoms with Gasteiger partial charge >= 0.3 is 6.03 Å². The van der Waals surface area contributed by atoms with E-state index in [0.717, 1.165) is 39.3 Å². The second kappa shape index (κ2) is 8.61. The second-order valence-corrected chi connectivity index (χ2v) is 6.94. The molecular weight excluding hydrogens is 364 g/mol. The van der Waals surface area contributed by atoms with Crippen LogP contribution in [-0.4, -0.2) is 19.4 Å². The molecule has 0 spiro atoms. The van der Waals surface area contributed by atoms with Crippen molar-refractivity contribution in [3.05, 3.63) is 76.9 Å². The number of anilines is 2. The van der Waals surface area contributed by atoms with Gasteiger partial charge in [-0.3, -0.25) is 4.79 Å². The normalized spacial score (nSPS) is 10.3. The van der Waals surface area contributed by atoms with Crippen molar-refractivity contribution < 1.29 is 14.3 Å². The van der Waals surface area contributed by atoms with Gasteiger partial charge < -0.3 is 15.4 Å². The summed E-state index contributed by atoms with van der Waals surface area (Å²) in [5.41, 5.74) is 6.34. The smallest absolute Gasteiger partial charge is 0.323 e. The maximum absolute atomic E-state index is 12.6. The molecule has 0 aliphatic carbocycles. The molecule has 147 valence electrons. The first kappa shape index (κ1) is 20.1. The first-order valence-corrected chi connectivity index (χ1v) is 9.23. The van der Waals surface area contributed by atoms with Crippen LogP contribution in [0.3, 0.4) is 0 Å². The van der Waals surface area contributed by atoms with Crippen molar-refractivity contribution in [3.63, 3.8) is 0 Å². The highest BCUT2D eigenvalue weighted by molar-refractivity contribution is 6.04. The zero-order valence-electron chi connectivity index (χ0n) is 16.9. The molecule has 0 aromatic heterocycles. The van der Waals surface area contributed by atoms with E-state index in [0.29, 0.717) is 5.69 Å². The summed E-state index contributed by atoms with van der Waals surface area (Å²) in [7, 11) is 1.61. The molecule has 1 radical (unpaired) electrons. The van der Waals surface area contributed by atoms with Gasteiger partial charge in [0.05, 0.1) is 12.8 Å². The fraction of sp³-hybridized carbons (Fsp3) is 0.167. The Bertz CT molecular complexity index is 1030. The van der Waals surface area contributed by atoms with Crippen LogP contribution in [-0.2, 0) is 4.79 Å². The van der Waals surface area contributed by atoms with Crippen LogP contribution in [0.2, 0.25) is 0 Å². The van der Waals surface area contributed by atoms with Crippen molar-refractivity contribution in [2.75, 3.05) is 17.7 Å². The molecule has 0 bridgehead atoms. The van der Waals surface area contributed by atoms with E-state index in [4.69, 9.17) is 4.74 Å². The van der Waals surface area contributed by atoms with Crippen LogP contribution in [0.15, 0.2) is 54.6 Å². The number of methoxy groups -OCH3 is 1. The summed E-state index contributed by atoms with van der Waals surface area (Å²) in [6, 6.07) is 16.4. The van der Waals surface area contributed by atoms with Crippen LogP contribution in [0.1, 0.15) is 22.3 Å². The van der Waals surface area contributed by atoms with Gasteiger partial charge in [-0.15, -0.1) is 0 Å². The Morgan fingerprint density at radius 3 is 2.07 bits per heavy atom. The molecule has 0 fully saturated rings. The molecule has 0 saturated heterocycles. The zero-order valence-corrected chi connectivity index (χ0v) is 16.9. The summed E-state index contributed by atoms with van der Waals surface area (Å²) in [5, 5.41) is 5.66. The van der Waals surface area contributed by atoms with Gasteiger partial charge in [0.15, 0.2) is 0 Å². The quantitative estimate of drug-likeness (QED) is 0.617. The number of amides is 2. The number of hydrogen-bond acceptors (Lipinski definition) is 3. The lowest BCUT2D eigenvalue weighted by molar-refractivity contribution is 0.262. The molecule has 2 amide bonds. The first-order chi connectivity index (χ1) is 13.9. The maximum Gasteiger partial charge on any atom is 0.323 e. The van der Waals surface area contributed by atoms with E-state index in [1.54, 1.807) is 19.2 Å². The molecule has 5 nitrogen and oxygen atoms in total. The van der Waals surface area contributed by atoms with E-state index in [2.05, 4.69) is 10.6 Å². The van der Waals surface area contributed by atoms with E-state index >= 15 is 0 Å². The number of urea groups is 1. The number of benzene rings is 3. The van der Waals surface area contributed by atoms with Gasteiger partial charge in [-0.1, -0.05) is 35.9 Å². The fourth-order valence-corrected chi connectivity index (χ4v) is 3.34. The third-order valence-electron chi connectivity index (χ3n) is 4.72. The number of ether oxygens (including phenoxy) is 1. The number of carbonyl (C=O) groups is 1. The summed E-state index contributed by atoms with van der Waals surface area (Å²) in [6.45, 7) is 5.91. The standard InChI is InChI=1S/C24H23N2O3/c1-15-11-16(2)23(17(3)12-15)26-24(28)25-22-13-19(5-6-20(22)14-27)18-7-9-21(29-4)10-8-18/h5-13H,1-4H3,(H2,25,26,28). The Morgan fingerprint density at radius 1 is 0.862 bits per heavy atom. The van der Waals surface area contributed by atoms with Crippen molar-refractivity contribution in [3.8, 4) is 16.9 Å². The van der Waals surface area contributed by atoms with Crippen LogP contribution < -0.4 is 15.4 Å². The van der Waals surface area contributed by atoms with Gasteiger partial charge in [0.2, 0.25) is 6.29 Å². The second-order valence-electron chi connectivity index (χ2n) is 6.94. The molecule has 0 aliphatic heterocycles. The van der Waals surface area contributed by atoms with Crippen LogP contribution in [0, 0.1) is 20.8 Å². The molecule has 5 heteroatoms. The van der Waals surface area contributed by atoms with Crippen molar-refractivity contribution in [2.24, 2.45) is 0 Å². The molecule has 0 saturated carbocycles. The van der Waals surface area contributed by atoms with E-state index < -0.39 is 6.03 Å². The maximum atomic E-state index is 12.6. The van der Waals surface area contributed by atoms with Crippen LogP contribution in [0.25, 0.3) is 11.1 Å². The monoisotopic (exact) mass is 387 g/mol. The molecule has 3 aromatic rings. The van der Waals surface area contributed by atoms with Gasteiger partial charge in [-0.05, 0) is 67.3 Å². The Kier molecular flexibility index (Phi) is 5.98. The third kappa shape index (κ3) is 4.63. The average molecular weight is 387 g/mol. The number of nitrogens with one attached hydrogen (secondary N) is 2. The fourth-order valence-electron chi connectivity index (χ4n) is 3.34. The third-order valence-corrected chi connectivity index (χ3v) is 4.72. The SMILES string of the molecule is COc1ccc(-c2ccc([C]=O)c(NC(=O)Nc3c(C)cc(C)cc3C)c2)cc1. The summed E-state index contributed by atoms with van der Waals surface area (Å²) < 4.78 is 5.18. The molecule has 3 aromatic carbocycles. The molecule has 0 atom stereocenters. The van der Waals surface area contributed by atoms with E-state index in [-0.39, 0.29) is 5.56 Å². The van der Waals surface area contributed by atoms with Gasteiger partial charge in [0, 0.05) is 11.3 Å². The summed E-state index contributed by atoms with van der Waals surface area (Å²) in [4.78, 5) is 23.9. The minimum Gasteiger partial charge on any atom is -0.497 e. The van der Waals surface area contributed by atoms with Crippen LogP contribution in [0.5, 0.6) is 5.75 Å². The summed E-state index contributed by atoms with van der Waals surface area (Å²) in [5.74, 6) is 0.758. The van der Waals surface area contributed by atoms with Gasteiger partial charge in [0.1, 0.15) is 5.75 Å². The Labute approximate surface area is 170 Å². The predicted molar refractivity (Wildman–Crippen MR) is 117 cm³/mol. The first-order valence-electron chi connectivity index (χ1n) is 9.23. The van der Waals surface area contributed by atoms with Gasteiger partial charge in [-0.25, -0.2) is 4.79 Å².